The molecule has 0 atom stereocenters. The molecule has 3 nitrogen and oxygen atoms in total. The molecule has 62 heavy (non-hydrogen) atoms. The largest absolute Gasteiger partial charge is 0.309 e. The van der Waals surface area contributed by atoms with Crippen LogP contribution < -0.4 is 0 Å². The van der Waals surface area contributed by atoms with Crippen LogP contribution in [0.15, 0.2) is 224 Å². The fourth-order valence-electron chi connectivity index (χ4n) is 10.8. The molecule has 0 bridgehead atoms. The van der Waals surface area contributed by atoms with Gasteiger partial charge in [0.1, 0.15) is 0 Å². The zero-order chi connectivity index (χ0) is 40.8. The summed E-state index contributed by atoms with van der Waals surface area (Å²) in [5.41, 5.74) is 20.5. The summed E-state index contributed by atoms with van der Waals surface area (Å²) in [7, 11) is 0. The molecule has 0 radical (unpaired) electrons. The Kier molecular flexibility index (Phi) is 7.52. The average molecular weight is 788 g/mol. The highest BCUT2D eigenvalue weighted by Crippen LogP contribution is 2.64. The zero-order valence-corrected chi connectivity index (χ0v) is 33.7. The van der Waals surface area contributed by atoms with E-state index in [9.17, 15) is 0 Å². The molecule has 2 aliphatic carbocycles. The molecule has 0 unspecified atom stereocenters. The minimum absolute atomic E-state index is 0.457. The second-order valence-corrected chi connectivity index (χ2v) is 16.4. The lowest BCUT2D eigenvalue weighted by molar-refractivity contribution is 0.794. The van der Waals surface area contributed by atoms with Crippen LogP contribution in [0.25, 0.3) is 94.8 Å². The van der Waals surface area contributed by atoms with Crippen molar-refractivity contribution in [3.8, 4) is 73.0 Å². The van der Waals surface area contributed by atoms with Crippen LogP contribution in [0.3, 0.4) is 0 Å². The summed E-state index contributed by atoms with van der Waals surface area (Å²) in [4.78, 5) is 10.8. The number of hydrogen-bond donors (Lipinski definition) is 0. The van der Waals surface area contributed by atoms with Gasteiger partial charge in [0.05, 0.1) is 27.8 Å². The van der Waals surface area contributed by atoms with Crippen molar-refractivity contribution in [3.63, 3.8) is 0 Å². The topological polar surface area (TPSA) is 30.7 Å². The number of benzene rings is 9. The van der Waals surface area contributed by atoms with Gasteiger partial charge in [-0.25, -0.2) is 9.97 Å². The molecular weight excluding hydrogens is 751 g/mol. The lowest BCUT2D eigenvalue weighted by Crippen LogP contribution is -2.25. The van der Waals surface area contributed by atoms with Crippen LogP contribution in [0.2, 0.25) is 0 Å². The second kappa shape index (κ2) is 13.4. The van der Waals surface area contributed by atoms with E-state index in [1.54, 1.807) is 0 Å². The summed E-state index contributed by atoms with van der Waals surface area (Å²) in [5, 5.41) is 2.40. The smallest absolute Gasteiger partial charge is 0.160 e. The number of nitrogens with zero attached hydrogens (tertiary/aromatic N) is 3. The van der Waals surface area contributed by atoms with Crippen molar-refractivity contribution >= 4 is 21.8 Å². The molecule has 9 aromatic carbocycles. The lowest BCUT2D eigenvalue weighted by atomic mass is 9.70. The minimum atomic E-state index is -0.457. The molecule has 3 heteroatoms. The Hall–Kier alpha value is -8.14. The van der Waals surface area contributed by atoms with Gasteiger partial charge >= 0.3 is 0 Å². The molecule has 11 aromatic rings. The van der Waals surface area contributed by atoms with E-state index in [0.29, 0.717) is 5.82 Å². The van der Waals surface area contributed by atoms with Crippen molar-refractivity contribution in [2.24, 2.45) is 0 Å². The summed E-state index contributed by atoms with van der Waals surface area (Å²) in [6, 6.07) is 81.4. The molecule has 13 rings (SSSR count). The van der Waals surface area contributed by atoms with E-state index in [2.05, 4.69) is 229 Å². The van der Waals surface area contributed by atoms with Crippen molar-refractivity contribution in [1.82, 2.24) is 14.5 Å². The molecule has 0 saturated carbocycles. The van der Waals surface area contributed by atoms with Crippen molar-refractivity contribution in [1.29, 1.82) is 0 Å². The minimum Gasteiger partial charge on any atom is -0.309 e. The van der Waals surface area contributed by atoms with Gasteiger partial charge in [0.15, 0.2) is 5.82 Å². The van der Waals surface area contributed by atoms with Crippen LogP contribution in [-0.2, 0) is 5.41 Å². The third-order valence-corrected chi connectivity index (χ3v) is 13.2. The van der Waals surface area contributed by atoms with Crippen molar-refractivity contribution < 1.29 is 0 Å². The molecule has 2 aliphatic rings. The Balaban J connectivity index is 1.16. The standard InChI is InChI=1S/C59H37N3/c1-4-19-38(20-5-1)52-37-53(39-21-6-2-7-22-39)61-58(60-52)40-35-47(57-46-28-13-17-34-54(46)62(55(57)36-40)41-23-8-3-9-24-41)44-29-18-33-51-56(44)45-27-12-16-32-50(45)59(51)48-30-14-10-25-42(48)43-26-11-15-31-49(43)59/h1-37H. The Morgan fingerprint density at radius 1 is 0.339 bits per heavy atom. The maximum Gasteiger partial charge on any atom is 0.160 e. The Bertz CT molecular complexity index is 3460. The predicted octanol–water partition coefficient (Wildman–Crippen LogP) is 14.6. The molecule has 288 valence electrons. The summed E-state index contributed by atoms with van der Waals surface area (Å²) in [6.45, 7) is 0. The van der Waals surface area contributed by atoms with Crippen molar-refractivity contribution in [3.05, 3.63) is 247 Å². The first-order valence-electron chi connectivity index (χ1n) is 21.3. The highest BCUT2D eigenvalue weighted by molar-refractivity contribution is 6.18. The third-order valence-electron chi connectivity index (χ3n) is 13.2. The maximum absolute atomic E-state index is 5.39. The molecular formula is C59H37N3. The Labute approximate surface area is 359 Å². The van der Waals surface area contributed by atoms with Gasteiger partial charge in [0, 0.05) is 33.2 Å². The van der Waals surface area contributed by atoms with E-state index in [-0.39, 0.29) is 0 Å². The fraction of sp³-hybridized carbons (Fsp3) is 0.0169. The molecule has 0 fully saturated rings. The van der Waals surface area contributed by atoms with Gasteiger partial charge in [-0.15, -0.1) is 0 Å². The third kappa shape index (κ3) is 4.88. The normalized spacial score (nSPS) is 13.0. The summed E-state index contributed by atoms with van der Waals surface area (Å²) < 4.78 is 2.42. The average Bonchev–Trinajstić information content (AvgIpc) is 3.96. The number of rotatable bonds is 5. The highest BCUT2D eigenvalue weighted by Gasteiger charge is 2.52. The first kappa shape index (κ1) is 34.7. The van der Waals surface area contributed by atoms with Gasteiger partial charge in [-0.1, -0.05) is 188 Å². The van der Waals surface area contributed by atoms with Gasteiger partial charge in [-0.3, -0.25) is 0 Å². The monoisotopic (exact) mass is 787 g/mol. The van der Waals surface area contributed by atoms with Crippen LogP contribution in [0.5, 0.6) is 0 Å². The number of aromatic nitrogens is 3. The molecule has 0 N–H and O–H groups in total. The number of hydrogen-bond acceptors (Lipinski definition) is 2. The first-order chi connectivity index (χ1) is 30.8. The lowest BCUT2D eigenvalue weighted by Gasteiger charge is -2.30. The molecule has 2 heterocycles. The van der Waals surface area contributed by atoms with Gasteiger partial charge in [0.25, 0.3) is 0 Å². The van der Waals surface area contributed by atoms with Gasteiger partial charge in [0.2, 0.25) is 0 Å². The summed E-state index contributed by atoms with van der Waals surface area (Å²) >= 11 is 0. The van der Waals surface area contributed by atoms with E-state index in [4.69, 9.17) is 9.97 Å². The fourth-order valence-corrected chi connectivity index (χ4v) is 10.8. The molecule has 1 spiro atoms. The van der Waals surface area contributed by atoms with Crippen LogP contribution in [0.1, 0.15) is 22.3 Å². The van der Waals surface area contributed by atoms with Gasteiger partial charge in [-0.05, 0) is 92.0 Å². The van der Waals surface area contributed by atoms with Crippen molar-refractivity contribution in [2.45, 2.75) is 5.41 Å². The van der Waals surface area contributed by atoms with Gasteiger partial charge < -0.3 is 4.57 Å². The van der Waals surface area contributed by atoms with Crippen LogP contribution in [0, 0.1) is 0 Å². The van der Waals surface area contributed by atoms with Crippen molar-refractivity contribution in [2.75, 3.05) is 0 Å². The van der Waals surface area contributed by atoms with E-state index in [1.807, 2.05) is 0 Å². The molecule has 0 saturated heterocycles. The first-order valence-corrected chi connectivity index (χ1v) is 21.3. The Morgan fingerprint density at radius 2 is 0.839 bits per heavy atom. The van der Waals surface area contributed by atoms with E-state index >= 15 is 0 Å². The maximum atomic E-state index is 5.39. The van der Waals surface area contributed by atoms with Crippen LogP contribution in [0.4, 0.5) is 0 Å². The molecule has 0 aliphatic heterocycles. The van der Waals surface area contributed by atoms with Crippen LogP contribution >= 0.6 is 0 Å². The highest BCUT2D eigenvalue weighted by atomic mass is 15.0. The zero-order valence-electron chi connectivity index (χ0n) is 33.7. The summed E-state index contributed by atoms with van der Waals surface area (Å²) in [6.07, 6.45) is 0. The number of para-hydroxylation sites is 2. The number of fused-ring (bicyclic) bond motifs is 13. The molecule has 0 amide bonds. The van der Waals surface area contributed by atoms with Gasteiger partial charge in [-0.2, -0.15) is 0 Å². The Morgan fingerprint density at radius 3 is 1.48 bits per heavy atom. The SMILES string of the molecule is c1ccc(-c2cc(-c3ccccc3)nc(-c3cc(-c4cccc5c4-c4ccccc4C54c5ccccc5-c5ccccc54)c4c5ccccc5n(-c5ccccc5)c4c3)n2)cc1. The predicted molar refractivity (Wildman–Crippen MR) is 254 cm³/mol. The second-order valence-electron chi connectivity index (χ2n) is 16.4. The quantitative estimate of drug-likeness (QED) is 0.174. The van der Waals surface area contributed by atoms with Crippen LogP contribution in [-0.4, -0.2) is 14.5 Å². The summed E-state index contributed by atoms with van der Waals surface area (Å²) in [5.74, 6) is 0.682. The van der Waals surface area contributed by atoms with E-state index in [0.717, 1.165) is 50.4 Å². The molecule has 2 aromatic heterocycles. The van der Waals surface area contributed by atoms with E-state index < -0.39 is 5.41 Å². The van der Waals surface area contributed by atoms with E-state index in [1.165, 1.54) is 60.8 Å².